The Balaban J connectivity index is 1.81. The first-order chi connectivity index (χ1) is 7.45. The second-order valence-corrected chi connectivity index (χ2v) is 4.17. The third-order valence-electron chi connectivity index (χ3n) is 2.04. The summed E-state index contributed by atoms with van der Waals surface area (Å²) in [6.07, 6.45) is 8.34. The van der Waals surface area contributed by atoms with Crippen LogP contribution >= 0.6 is 11.8 Å². The van der Waals surface area contributed by atoms with E-state index >= 15 is 0 Å². The zero-order valence-corrected chi connectivity index (χ0v) is 9.31. The van der Waals surface area contributed by atoms with Crippen LogP contribution in [-0.4, -0.2) is 0 Å². The van der Waals surface area contributed by atoms with Crippen molar-refractivity contribution < 1.29 is 9.13 Å². The Morgan fingerprint density at radius 1 is 0.600 bits per heavy atom. The van der Waals surface area contributed by atoms with Gasteiger partial charge in [0.25, 0.3) is 0 Å². The average molecular weight is 218 g/mol. The maximum absolute atomic E-state index is 2.17. The maximum atomic E-state index is 2.17. The predicted molar refractivity (Wildman–Crippen MR) is 60.9 cm³/mol. The molecule has 0 aromatic carbocycles. The fourth-order valence-corrected chi connectivity index (χ4v) is 2.14. The molecule has 2 heterocycles. The highest BCUT2D eigenvalue weighted by Gasteiger charge is 2.02. The van der Waals surface area contributed by atoms with E-state index in [1.165, 1.54) is 0 Å². The molecule has 2 aromatic rings. The van der Waals surface area contributed by atoms with Gasteiger partial charge >= 0.3 is 0 Å². The van der Waals surface area contributed by atoms with E-state index in [1.807, 2.05) is 23.9 Å². The summed E-state index contributed by atoms with van der Waals surface area (Å²) in [5.41, 5.74) is 0. The Morgan fingerprint density at radius 2 is 1.00 bits per heavy atom. The summed E-state index contributed by atoms with van der Waals surface area (Å²) in [6.45, 7) is 0. The summed E-state index contributed by atoms with van der Waals surface area (Å²) in [5.74, 6) is 1.98. The molecule has 0 saturated carbocycles. The van der Waals surface area contributed by atoms with Crippen molar-refractivity contribution in [2.75, 3.05) is 0 Å². The smallest absolute Gasteiger partial charge is 0.195 e. The summed E-state index contributed by atoms with van der Waals surface area (Å²) in [5, 5.41) is 0. The second-order valence-electron chi connectivity index (χ2n) is 3.24. The monoisotopic (exact) mass is 218 g/mol. The van der Waals surface area contributed by atoms with Gasteiger partial charge in [0.1, 0.15) is 0 Å². The lowest BCUT2D eigenvalue weighted by Crippen LogP contribution is -2.35. The van der Waals surface area contributed by atoms with Gasteiger partial charge in [-0.05, 0) is 11.8 Å². The molecule has 3 heteroatoms. The molecule has 0 aliphatic heterocycles. The first-order valence-corrected chi connectivity index (χ1v) is 6.06. The summed E-state index contributed by atoms with van der Waals surface area (Å²) in [6, 6.07) is 12.3. The van der Waals surface area contributed by atoms with Gasteiger partial charge in [-0.1, -0.05) is 12.1 Å². The first kappa shape index (κ1) is 10.2. The van der Waals surface area contributed by atoms with Crippen LogP contribution in [0.15, 0.2) is 61.2 Å². The zero-order valence-electron chi connectivity index (χ0n) is 8.49. The van der Waals surface area contributed by atoms with Crippen molar-refractivity contribution in [3.8, 4) is 0 Å². The van der Waals surface area contributed by atoms with Crippen LogP contribution in [0.1, 0.15) is 0 Å². The van der Waals surface area contributed by atoms with Crippen molar-refractivity contribution in [1.82, 2.24) is 0 Å². The molecule has 0 spiro atoms. The number of rotatable bonds is 4. The van der Waals surface area contributed by atoms with Crippen LogP contribution in [0.3, 0.4) is 0 Å². The molecule has 0 bridgehead atoms. The van der Waals surface area contributed by atoms with Crippen LogP contribution in [-0.2, 0) is 11.8 Å². The van der Waals surface area contributed by atoms with Crippen LogP contribution in [0.25, 0.3) is 0 Å². The van der Waals surface area contributed by atoms with Crippen LogP contribution < -0.4 is 9.13 Å². The number of hydrogen-bond donors (Lipinski definition) is 0. The Kier molecular flexibility index (Phi) is 3.74. The standard InChI is InChI=1S/C12H14N2S/c1-3-7-13(8-4-1)11-15-12-14-9-5-2-6-10-14/h1-10H,11-12H2/q+2. The molecule has 76 valence electrons. The minimum Gasteiger partial charge on any atom is -0.195 e. The highest BCUT2D eigenvalue weighted by atomic mass is 32.2. The number of nitrogens with zero attached hydrogens (tertiary/aromatic N) is 2. The van der Waals surface area contributed by atoms with E-state index in [0.717, 1.165) is 11.8 Å². The third-order valence-corrected chi connectivity index (χ3v) is 3.00. The van der Waals surface area contributed by atoms with E-state index in [0.29, 0.717) is 0 Å². The van der Waals surface area contributed by atoms with E-state index in [1.54, 1.807) is 0 Å². The van der Waals surface area contributed by atoms with Crippen LogP contribution in [0.4, 0.5) is 0 Å². The van der Waals surface area contributed by atoms with Gasteiger partial charge in [-0.25, -0.2) is 0 Å². The van der Waals surface area contributed by atoms with E-state index in [9.17, 15) is 0 Å². The number of pyridine rings is 2. The summed E-state index contributed by atoms with van der Waals surface area (Å²) in [4.78, 5) is 0. The minimum atomic E-state index is 0.989. The maximum Gasteiger partial charge on any atom is 0.200 e. The van der Waals surface area contributed by atoms with Crippen molar-refractivity contribution >= 4 is 11.8 Å². The van der Waals surface area contributed by atoms with E-state index in [-0.39, 0.29) is 0 Å². The second kappa shape index (κ2) is 5.51. The predicted octanol–water partition coefficient (Wildman–Crippen LogP) is 1.61. The van der Waals surface area contributed by atoms with Crippen molar-refractivity contribution in [1.29, 1.82) is 0 Å². The summed E-state index contributed by atoms with van der Waals surface area (Å²) in [7, 11) is 0. The molecular formula is C12H14N2S+2. The highest BCUT2D eigenvalue weighted by Crippen LogP contribution is 1.98. The molecule has 0 unspecified atom stereocenters. The quantitative estimate of drug-likeness (QED) is 0.708. The number of thioether (sulfide) groups is 1. The zero-order chi connectivity index (χ0) is 10.3. The molecular weight excluding hydrogens is 204 g/mol. The molecule has 2 rings (SSSR count). The summed E-state index contributed by atoms with van der Waals surface area (Å²) < 4.78 is 4.35. The number of aromatic nitrogens is 2. The molecule has 0 saturated heterocycles. The van der Waals surface area contributed by atoms with Crippen molar-refractivity contribution in [2.45, 2.75) is 11.8 Å². The van der Waals surface area contributed by atoms with Gasteiger partial charge < -0.3 is 0 Å². The molecule has 0 aliphatic carbocycles. The van der Waals surface area contributed by atoms with Crippen LogP contribution in [0.2, 0.25) is 0 Å². The van der Waals surface area contributed by atoms with Gasteiger partial charge in [0.2, 0.25) is 0 Å². The lowest BCUT2D eigenvalue weighted by atomic mass is 10.5. The van der Waals surface area contributed by atoms with E-state index < -0.39 is 0 Å². The van der Waals surface area contributed by atoms with Crippen LogP contribution in [0.5, 0.6) is 0 Å². The lowest BCUT2D eigenvalue weighted by Gasteiger charge is -1.94. The minimum absolute atomic E-state index is 0.989. The lowest BCUT2D eigenvalue weighted by molar-refractivity contribution is -0.686. The molecule has 2 aromatic heterocycles. The summed E-state index contributed by atoms with van der Waals surface area (Å²) >= 11 is 1.89. The average Bonchev–Trinajstić information content (AvgIpc) is 2.32. The van der Waals surface area contributed by atoms with Gasteiger partial charge in [-0.3, -0.25) is 0 Å². The van der Waals surface area contributed by atoms with Gasteiger partial charge in [-0.2, -0.15) is 9.13 Å². The largest absolute Gasteiger partial charge is 0.200 e. The van der Waals surface area contributed by atoms with Crippen molar-refractivity contribution in [2.24, 2.45) is 0 Å². The van der Waals surface area contributed by atoms with E-state index in [2.05, 4.69) is 58.2 Å². The van der Waals surface area contributed by atoms with Crippen molar-refractivity contribution in [3.63, 3.8) is 0 Å². The third kappa shape index (κ3) is 3.36. The Bertz CT molecular complexity index is 349. The van der Waals surface area contributed by atoms with Gasteiger partial charge in [-0.15, -0.1) is 0 Å². The Labute approximate surface area is 94.2 Å². The van der Waals surface area contributed by atoms with Gasteiger partial charge in [0, 0.05) is 24.3 Å². The molecule has 0 N–H and O–H groups in total. The SMILES string of the molecule is c1cc[n+](CSC[n+]2ccccc2)cc1. The van der Waals surface area contributed by atoms with Gasteiger partial charge in [0.15, 0.2) is 36.5 Å². The fraction of sp³-hybridized carbons (Fsp3) is 0.167. The Morgan fingerprint density at radius 3 is 1.40 bits per heavy atom. The molecule has 0 aliphatic rings. The Hall–Kier alpha value is -1.35. The normalized spacial score (nSPS) is 10.1. The van der Waals surface area contributed by atoms with Gasteiger partial charge in [0.05, 0.1) is 0 Å². The van der Waals surface area contributed by atoms with Crippen LogP contribution in [0, 0.1) is 0 Å². The van der Waals surface area contributed by atoms with Crippen molar-refractivity contribution in [3.05, 3.63) is 61.2 Å². The number of hydrogen-bond acceptors (Lipinski definition) is 1. The molecule has 0 fully saturated rings. The molecule has 2 nitrogen and oxygen atoms in total. The molecule has 0 amide bonds. The topological polar surface area (TPSA) is 7.76 Å². The highest BCUT2D eigenvalue weighted by molar-refractivity contribution is 7.97. The fourth-order valence-electron chi connectivity index (χ4n) is 1.29. The molecule has 15 heavy (non-hydrogen) atoms. The first-order valence-electron chi connectivity index (χ1n) is 4.91. The molecule has 0 atom stereocenters. The molecule has 0 radical (unpaired) electrons. The van der Waals surface area contributed by atoms with E-state index in [4.69, 9.17) is 0 Å².